The van der Waals surface area contributed by atoms with Crippen molar-refractivity contribution in [2.75, 3.05) is 41.3 Å². The van der Waals surface area contributed by atoms with Crippen LogP contribution in [0.2, 0.25) is 0 Å². The van der Waals surface area contributed by atoms with Crippen molar-refractivity contribution in [1.82, 2.24) is 25.1 Å². The average Bonchev–Trinajstić information content (AvgIpc) is 3.48. The number of nitrogens with one attached hydrogen (secondary N) is 3. The largest absolute Gasteiger partial charge is 0.421 e. The molecular formula is C39H43F3N8O4S2. The predicted molar refractivity (Wildman–Crippen MR) is 211 cm³/mol. The first-order chi connectivity index (χ1) is 26.6. The molecule has 12 nitrogen and oxygen atoms in total. The Bertz CT molecular complexity index is 2220. The molecule has 56 heavy (non-hydrogen) atoms. The number of carbonyl (C=O) groups is 2. The lowest BCUT2D eigenvalue weighted by Crippen LogP contribution is -2.51. The fourth-order valence-corrected chi connectivity index (χ4v) is 8.55. The summed E-state index contributed by atoms with van der Waals surface area (Å²) in [5.41, 5.74) is 5.20. The van der Waals surface area contributed by atoms with Gasteiger partial charge in [-0.05, 0) is 90.4 Å². The molecule has 2 atom stereocenters. The molecule has 17 heteroatoms. The predicted octanol–water partition coefficient (Wildman–Crippen LogP) is 6.18. The Balaban J connectivity index is 0.936. The van der Waals surface area contributed by atoms with E-state index >= 15 is 0 Å². The standard InChI is InChI=1S/C39H43F3N8O4S2/c1-48(56(2,53)54)30-5-3-4-24(19-30)20-43-35-32(39(40,41)42)21-44-38(47-35)45-29-9-7-26(8-10-29)27-14-16-49(17-15-27)22-25-6-11-31-28(18-25)23-50(37(31)55)33-12-13-34(51)46-36(33)52/h3-11,18-19,21,27,33,37,55H,12-17,20,22-23H2,1-2H3,(H,46,51,52)(H2,43,44,45,47). The lowest BCUT2D eigenvalue weighted by Gasteiger charge is -2.32. The molecule has 7 rings (SSSR count). The Morgan fingerprint density at radius 3 is 2.45 bits per heavy atom. The molecule has 0 radical (unpaired) electrons. The second-order valence-electron chi connectivity index (χ2n) is 14.6. The second kappa shape index (κ2) is 16.0. The highest BCUT2D eigenvalue weighted by atomic mass is 32.2. The summed E-state index contributed by atoms with van der Waals surface area (Å²) >= 11 is 4.82. The minimum Gasteiger partial charge on any atom is -0.365 e. The normalized spacial score (nSPS) is 19.8. The van der Waals surface area contributed by atoms with Crippen LogP contribution in [0.3, 0.4) is 0 Å². The van der Waals surface area contributed by atoms with Gasteiger partial charge in [0.25, 0.3) is 0 Å². The number of hydrogen-bond donors (Lipinski definition) is 4. The quantitative estimate of drug-likeness (QED) is 0.103. The van der Waals surface area contributed by atoms with Gasteiger partial charge in [0.1, 0.15) is 11.4 Å². The Morgan fingerprint density at radius 1 is 1.00 bits per heavy atom. The summed E-state index contributed by atoms with van der Waals surface area (Å²) in [5, 5.41) is 8.03. The first-order valence-corrected chi connectivity index (χ1v) is 20.7. The van der Waals surface area contributed by atoms with Crippen LogP contribution in [-0.4, -0.2) is 72.4 Å². The number of anilines is 4. The molecule has 0 spiro atoms. The van der Waals surface area contributed by atoms with Gasteiger partial charge < -0.3 is 10.6 Å². The summed E-state index contributed by atoms with van der Waals surface area (Å²) in [6, 6.07) is 20.4. The topological polar surface area (TPSA) is 140 Å². The van der Waals surface area contributed by atoms with Crippen LogP contribution >= 0.6 is 12.6 Å². The van der Waals surface area contributed by atoms with Crippen LogP contribution in [0.4, 0.5) is 36.3 Å². The van der Waals surface area contributed by atoms with Gasteiger partial charge in [-0.25, -0.2) is 13.4 Å². The van der Waals surface area contributed by atoms with Gasteiger partial charge >= 0.3 is 6.18 Å². The van der Waals surface area contributed by atoms with Crippen molar-refractivity contribution in [2.45, 2.75) is 68.8 Å². The van der Waals surface area contributed by atoms with Gasteiger partial charge in [0.15, 0.2) is 0 Å². The van der Waals surface area contributed by atoms with E-state index in [2.05, 4.69) is 53.9 Å². The fourth-order valence-electron chi connectivity index (χ4n) is 7.56. The molecule has 3 aromatic carbocycles. The minimum absolute atomic E-state index is 0.00718. The van der Waals surface area contributed by atoms with Crippen molar-refractivity contribution in [1.29, 1.82) is 0 Å². The molecule has 0 aliphatic carbocycles. The fraction of sp³-hybridized carbons (Fsp3) is 0.385. The third kappa shape index (κ3) is 8.96. The van der Waals surface area contributed by atoms with Gasteiger partial charge in [0, 0.05) is 45.0 Å². The van der Waals surface area contributed by atoms with Crippen LogP contribution in [0.1, 0.15) is 70.4 Å². The number of amides is 2. The monoisotopic (exact) mass is 808 g/mol. The smallest absolute Gasteiger partial charge is 0.365 e. The summed E-state index contributed by atoms with van der Waals surface area (Å²) in [6.45, 7) is 3.24. The highest BCUT2D eigenvalue weighted by Gasteiger charge is 2.39. The highest BCUT2D eigenvalue weighted by Crippen LogP contribution is 2.40. The number of imide groups is 1. The number of halogens is 3. The van der Waals surface area contributed by atoms with Crippen molar-refractivity contribution in [3.05, 3.63) is 106 Å². The number of hydrogen-bond acceptors (Lipinski definition) is 11. The molecular weight excluding hydrogens is 766 g/mol. The summed E-state index contributed by atoms with van der Waals surface area (Å²) in [5.74, 6) is -0.527. The Kier molecular flexibility index (Phi) is 11.3. The van der Waals surface area contributed by atoms with E-state index in [0.29, 0.717) is 42.2 Å². The molecule has 4 aromatic rings. The number of alkyl halides is 3. The average molecular weight is 809 g/mol. The van der Waals surface area contributed by atoms with E-state index in [-0.39, 0.29) is 35.7 Å². The van der Waals surface area contributed by atoms with Crippen LogP contribution in [0.5, 0.6) is 0 Å². The Morgan fingerprint density at radius 2 is 1.75 bits per heavy atom. The number of nitrogens with zero attached hydrogens (tertiary/aromatic N) is 5. The SMILES string of the molecule is CN(c1cccc(CNc2nc(Nc3ccc(C4CCN(Cc5ccc6c(c5)CN(C5CCC(=O)NC5=O)C6S)CC4)cc3)ncc2C(F)(F)F)c1)S(C)(=O)=O. The molecule has 0 bridgehead atoms. The molecule has 1 aromatic heterocycles. The first kappa shape index (κ1) is 39.5. The summed E-state index contributed by atoms with van der Waals surface area (Å²) in [6.07, 6.45) is -0.109. The van der Waals surface area contributed by atoms with Crippen LogP contribution in [0, 0.1) is 0 Å². The van der Waals surface area contributed by atoms with Crippen LogP contribution in [-0.2, 0) is 45.4 Å². The first-order valence-electron chi connectivity index (χ1n) is 18.3. The van der Waals surface area contributed by atoms with E-state index in [4.69, 9.17) is 12.6 Å². The Hall–Kier alpha value is -4.71. The molecule has 2 amide bonds. The van der Waals surface area contributed by atoms with E-state index in [1.807, 2.05) is 24.3 Å². The molecule has 3 aliphatic heterocycles. The van der Waals surface area contributed by atoms with Crippen molar-refractivity contribution >= 4 is 57.6 Å². The lowest BCUT2D eigenvalue weighted by molar-refractivity contribution is -0.138. The highest BCUT2D eigenvalue weighted by molar-refractivity contribution is 7.92. The number of piperidine rings is 2. The lowest BCUT2D eigenvalue weighted by atomic mass is 9.89. The number of carbonyl (C=O) groups excluding carboxylic acids is 2. The second-order valence-corrected chi connectivity index (χ2v) is 17.1. The van der Waals surface area contributed by atoms with E-state index in [0.717, 1.165) is 60.4 Å². The van der Waals surface area contributed by atoms with Gasteiger partial charge in [-0.15, -0.1) is 0 Å². The molecule has 2 fully saturated rings. The van der Waals surface area contributed by atoms with Crippen LogP contribution in [0.25, 0.3) is 0 Å². The summed E-state index contributed by atoms with van der Waals surface area (Å²) in [4.78, 5) is 36.8. The number of sulfonamides is 1. The van der Waals surface area contributed by atoms with Crippen molar-refractivity contribution in [3.63, 3.8) is 0 Å². The van der Waals surface area contributed by atoms with Crippen LogP contribution in [0.15, 0.2) is 72.9 Å². The van der Waals surface area contributed by atoms with E-state index < -0.39 is 27.6 Å². The zero-order valence-corrected chi connectivity index (χ0v) is 32.6. The maximum absolute atomic E-state index is 13.9. The number of fused-ring (bicyclic) bond motifs is 1. The molecule has 296 valence electrons. The molecule has 3 N–H and O–H groups in total. The van der Waals surface area contributed by atoms with Crippen molar-refractivity contribution in [2.24, 2.45) is 0 Å². The minimum atomic E-state index is -4.70. The zero-order chi connectivity index (χ0) is 39.8. The molecule has 3 aliphatic rings. The number of rotatable bonds is 11. The summed E-state index contributed by atoms with van der Waals surface area (Å²) < 4.78 is 66.7. The van der Waals surface area contributed by atoms with Crippen molar-refractivity contribution < 1.29 is 31.2 Å². The van der Waals surface area contributed by atoms with Crippen molar-refractivity contribution in [3.8, 4) is 0 Å². The van der Waals surface area contributed by atoms with E-state index in [1.165, 1.54) is 18.2 Å². The third-order valence-corrected chi connectivity index (χ3v) is 12.5. The number of benzene rings is 3. The molecule has 2 saturated heterocycles. The van der Waals surface area contributed by atoms with Gasteiger partial charge in [-0.3, -0.25) is 29.0 Å². The summed E-state index contributed by atoms with van der Waals surface area (Å²) in [7, 11) is -2.11. The zero-order valence-electron chi connectivity index (χ0n) is 30.9. The number of aromatic nitrogens is 2. The van der Waals surface area contributed by atoms with E-state index in [9.17, 15) is 31.2 Å². The molecule has 2 unspecified atom stereocenters. The van der Waals surface area contributed by atoms with Crippen LogP contribution < -0.4 is 20.3 Å². The van der Waals surface area contributed by atoms with Gasteiger partial charge in [-0.2, -0.15) is 30.8 Å². The van der Waals surface area contributed by atoms with E-state index in [1.54, 1.807) is 24.3 Å². The van der Waals surface area contributed by atoms with Gasteiger partial charge in [0.2, 0.25) is 27.8 Å². The maximum atomic E-state index is 13.9. The third-order valence-electron chi connectivity index (χ3n) is 10.7. The van der Waals surface area contributed by atoms with Gasteiger partial charge in [0.05, 0.1) is 23.4 Å². The molecule has 0 saturated carbocycles. The molecule has 4 heterocycles. The number of thiol groups is 1. The number of likely N-dealkylation sites (tertiary alicyclic amines) is 1. The maximum Gasteiger partial charge on any atom is 0.421 e. The van der Waals surface area contributed by atoms with Gasteiger partial charge in [-0.1, -0.05) is 42.5 Å². The Labute approximate surface area is 329 Å².